The van der Waals surface area contributed by atoms with Gasteiger partial charge in [0.05, 0.1) is 5.54 Å². The zero-order valence-corrected chi connectivity index (χ0v) is 11.7. The Balaban J connectivity index is 2.22. The molecule has 5 heteroatoms. The summed E-state index contributed by atoms with van der Waals surface area (Å²) in [6.07, 6.45) is -0.411. The molecule has 1 amide bonds. The van der Waals surface area contributed by atoms with E-state index in [-0.39, 0.29) is 0 Å². The van der Waals surface area contributed by atoms with Crippen molar-refractivity contribution in [3.05, 3.63) is 59.7 Å². The number of benzene rings is 1. The van der Waals surface area contributed by atoms with Crippen LogP contribution in [0.5, 0.6) is 0 Å². The van der Waals surface area contributed by atoms with Crippen LogP contribution >= 0.6 is 0 Å². The number of hydrogen-bond acceptors (Lipinski definition) is 1. The minimum atomic E-state index is -4.40. The van der Waals surface area contributed by atoms with Crippen LogP contribution in [0.1, 0.15) is 24.2 Å². The molecular formula is C16H16F3NO. The molecule has 0 aliphatic heterocycles. The van der Waals surface area contributed by atoms with Crippen LogP contribution in [0, 0.1) is 5.92 Å². The van der Waals surface area contributed by atoms with Gasteiger partial charge < -0.3 is 5.32 Å². The Hall–Kier alpha value is -2.04. The first-order chi connectivity index (χ1) is 9.74. The van der Waals surface area contributed by atoms with E-state index in [1.165, 1.54) is 13.0 Å². The number of allylic oxidation sites excluding steroid dienone is 2. The molecule has 1 aromatic carbocycles. The fraction of sp³-hybridized carbons (Fsp3) is 0.312. The lowest BCUT2D eigenvalue weighted by atomic mass is 9.77. The molecule has 0 heterocycles. The van der Waals surface area contributed by atoms with Gasteiger partial charge in [-0.1, -0.05) is 43.4 Å². The summed E-state index contributed by atoms with van der Waals surface area (Å²) in [4.78, 5) is 12.2. The molecule has 1 aliphatic carbocycles. The Kier molecular flexibility index (Phi) is 3.94. The van der Waals surface area contributed by atoms with Gasteiger partial charge in [-0.05, 0) is 19.1 Å². The number of alkyl halides is 3. The van der Waals surface area contributed by atoms with E-state index in [9.17, 15) is 18.0 Å². The van der Waals surface area contributed by atoms with Crippen molar-refractivity contribution in [2.24, 2.45) is 5.92 Å². The van der Waals surface area contributed by atoms with Gasteiger partial charge in [-0.2, -0.15) is 13.2 Å². The largest absolute Gasteiger partial charge is 0.413 e. The third kappa shape index (κ3) is 3.17. The van der Waals surface area contributed by atoms with Crippen molar-refractivity contribution in [2.45, 2.75) is 25.6 Å². The second-order valence-electron chi connectivity index (χ2n) is 5.30. The molecule has 0 saturated heterocycles. The molecule has 2 atom stereocenters. The average molecular weight is 295 g/mol. The summed E-state index contributed by atoms with van der Waals surface area (Å²) in [6.45, 7) is 3.06. The summed E-state index contributed by atoms with van der Waals surface area (Å²) >= 11 is 0. The van der Waals surface area contributed by atoms with Crippen molar-refractivity contribution >= 4 is 5.91 Å². The normalized spacial score (nSPS) is 25.4. The van der Waals surface area contributed by atoms with E-state index in [0.29, 0.717) is 5.56 Å². The Morgan fingerprint density at radius 3 is 2.43 bits per heavy atom. The minimum Gasteiger partial charge on any atom is -0.343 e. The molecule has 0 aromatic heterocycles. The number of rotatable bonds is 2. The molecule has 2 rings (SSSR count). The number of halogens is 3. The maximum atomic E-state index is 13.0. The molecule has 2 nitrogen and oxygen atoms in total. The van der Waals surface area contributed by atoms with Gasteiger partial charge in [0, 0.05) is 17.1 Å². The van der Waals surface area contributed by atoms with Crippen molar-refractivity contribution in [3.63, 3.8) is 0 Å². The molecule has 0 radical (unpaired) electrons. The van der Waals surface area contributed by atoms with Crippen LogP contribution in [-0.4, -0.2) is 17.6 Å². The fourth-order valence-electron chi connectivity index (χ4n) is 2.36. The first kappa shape index (κ1) is 15.4. The summed E-state index contributed by atoms with van der Waals surface area (Å²) < 4.78 is 38.9. The van der Waals surface area contributed by atoms with Gasteiger partial charge in [-0.3, -0.25) is 4.79 Å². The first-order valence-electron chi connectivity index (χ1n) is 6.58. The molecule has 1 aromatic rings. The van der Waals surface area contributed by atoms with Crippen LogP contribution < -0.4 is 5.32 Å². The fourth-order valence-corrected chi connectivity index (χ4v) is 2.36. The Morgan fingerprint density at radius 1 is 1.24 bits per heavy atom. The summed E-state index contributed by atoms with van der Waals surface area (Å²) in [7, 11) is 0. The zero-order valence-electron chi connectivity index (χ0n) is 11.7. The van der Waals surface area contributed by atoms with Gasteiger partial charge >= 0.3 is 6.18 Å². The Labute approximate surface area is 121 Å². The van der Waals surface area contributed by atoms with Gasteiger partial charge in [-0.15, -0.1) is 0 Å². The molecule has 0 spiro atoms. The predicted octanol–water partition coefficient (Wildman–Crippen LogP) is 3.87. The number of carbonyl (C=O) groups is 1. The molecule has 2 unspecified atom stereocenters. The molecule has 21 heavy (non-hydrogen) atoms. The molecule has 112 valence electrons. The van der Waals surface area contributed by atoms with Crippen molar-refractivity contribution < 1.29 is 18.0 Å². The molecule has 0 saturated carbocycles. The van der Waals surface area contributed by atoms with Crippen LogP contribution in [0.3, 0.4) is 0 Å². The van der Waals surface area contributed by atoms with Crippen LogP contribution in [0.4, 0.5) is 13.2 Å². The van der Waals surface area contributed by atoms with E-state index in [0.717, 1.165) is 6.08 Å². The lowest BCUT2D eigenvalue weighted by Crippen LogP contribution is -2.52. The standard InChI is InChI=1S/C16H16F3NO/c1-11-13(16(17,18)19)9-6-10-15(11,2)20-14(21)12-7-4-3-5-8-12/h3-11H,1-2H3,(H,20,21). The molecule has 0 bridgehead atoms. The van der Waals surface area contributed by atoms with E-state index in [2.05, 4.69) is 5.32 Å². The Morgan fingerprint density at radius 2 is 1.86 bits per heavy atom. The molecular weight excluding hydrogens is 279 g/mol. The van der Waals surface area contributed by atoms with Gasteiger partial charge in [0.25, 0.3) is 5.91 Å². The maximum absolute atomic E-state index is 13.0. The first-order valence-corrected chi connectivity index (χ1v) is 6.58. The predicted molar refractivity (Wildman–Crippen MR) is 74.8 cm³/mol. The van der Waals surface area contributed by atoms with E-state index < -0.39 is 29.1 Å². The second-order valence-corrected chi connectivity index (χ2v) is 5.30. The third-order valence-electron chi connectivity index (χ3n) is 3.83. The lowest BCUT2D eigenvalue weighted by molar-refractivity contribution is -0.101. The number of nitrogens with one attached hydrogen (secondary N) is 1. The van der Waals surface area contributed by atoms with E-state index >= 15 is 0 Å². The molecule has 1 N–H and O–H groups in total. The summed E-state index contributed by atoms with van der Waals surface area (Å²) in [5, 5.41) is 2.70. The zero-order chi connectivity index (χ0) is 15.7. The number of carbonyl (C=O) groups excluding carboxylic acids is 1. The van der Waals surface area contributed by atoms with Crippen molar-refractivity contribution in [1.29, 1.82) is 0 Å². The van der Waals surface area contributed by atoms with E-state index in [4.69, 9.17) is 0 Å². The second kappa shape index (κ2) is 5.39. The highest BCUT2D eigenvalue weighted by Gasteiger charge is 2.45. The summed E-state index contributed by atoms with van der Waals surface area (Å²) in [6, 6.07) is 8.43. The molecule has 1 aliphatic rings. The third-order valence-corrected chi connectivity index (χ3v) is 3.83. The average Bonchev–Trinajstić information content (AvgIpc) is 2.41. The van der Waals surface area contributed by atoms with Gasteiger partial charge in [-0.25, -0.2) is 0 Å². The van der Waals surface area contributed by atoms with E-state index in [1.807, 2.05) is 0 Å². The van der Waals surface area contributed by atoms with Gasteiger partial charge in [0.2, 0.25) is 0 Å². The smallest absolute Gasteiger partial charge is 0.343 e. The molecule has 0 fully saturated rings. The summed E-state index contributed by atoms with van der Waals surface area (Å²) in [5.41, 5.74) is -1.30. The van der Waals surface area contributed by atoms with Crippen molar-refractivity contribution in [3.8, 4) is 0 Å². The summed E-state index contributed by atoms with van der Waals surface area (Å²) in [5.74, 6) is -1.26. The highest BCUT2D eigenvalue weighted by molar-refractivity contribution is 5.94. The number of amides is 1. The topological polar surface area (TPSA) is 29.1 Å². The van der Waals surface area contributed by atoms with E-state index in [1.54, 1.807) is 43.3 Å². The van der Waals surface area contributed by atoms with Crippen molar-refractivity contribution in [2.75, 3.05) is 0 Å². The maximum Gasteiger partial charge on any atom is 0.413 e. The van der Waals surface area contributed by atoms with Gasteiger partial charge in [0.15, 0.2) is 0 Å². The van der Waals surface area contributed by atoms with Crippen LogP contribution in [0.15, 0.2) is 54.1 Å². The Bertz CT molecular complexity index is 589. The minimum absolute atomic E-state index is 0.391. The SMILES string of the molecule is CC1C(C(F)(F)F)=CC=CC1(C)NC(=O)c1ccccc1. The van der Waals surface area contributed by atoms with Crippen LogP contribution in [-0.2, 0) is 0 Å². The van der Waals surface area contributed by atoms with Crippen LogP contribution in [0.2, 0.25) is 0 Å². The van der Waals surface area contributed by atoms with Crippen molar-refractivity contribution in [1.82, 2.24) is 5.32 Å². The lowest BCUT2D eigenvalue weighted by Gasteiger charge is -2.38. The van der Waals surface area contributed by atoms with Gasteiger partial charge in [0.1, 0.15) is 0 Å². The number of hydrogen-bond donors (Lipinski definition) is 1. The highest BCUT2D eigenvalue weighted by atomic mass is 19.4. The highest BCUT2D eigenvalue weighted by Crippen LogP contribution is 2.39. The quantitative estimate of drug-likeness (QED) is 0.881. The van der Waals surface area contributed by atoms with Crippen LogP contribution in [0.25, 0.3) is 0 Å². The monoisotopic (exact) mass is 295 g/mol.